The van der Waals surface area contributed by atoms with E-state index in [1.54, 1.807) is 0 Å². The van der Waals surface area contributed by atoms with Gasteiger partial charge in [-0.25, -0.2) is 0 Å². The van der Waals surface area contributed by atoms with Crippen LogP contribution in [0.15, 0.2) is 22.0 Å². The van der Waals surface area contributed by atoms with Crippen LogP contribution in [0.4, 0.5) is 0 Å². The van der Waals surface area contributed by atoms with Crippen LogP contribution in [0.1, 0.15) is 6.92 Å². The molecule has 9 heavy (non-hydrogen) atoms. The summed E-state index contributed by atoms with van der Waals surface area (Å²) in [5.41, 5.74) is 0. The maximum atomic E-state index is 5.97. The van der Waals surface area contributed by atoms with E-state index in [-0.39, 0.29) is 0 Å². The van der Waals surface area contributed by atoms with E-state index in [9.17, 15) is 0 Å². The van der Waals surface area contributed by atoms with Crippen molar-refractivity contribution in [3.63, 3.8) is 0 Å². The second-order valence-corrected chi connectivity index (χ2v) is 8.29. The van der Waals surface area contributed by atoms with Gasteiger partial charge in [0, 0.05) is 4.66 Å². The standard InChI is InChI=1S/C7H11ClSi/c1-6-4-5-7(8)9(6,2)3/h4-5H,1-3H3. The molecule has 2 heteroatoms. The summed E-state index contributed by atoms with van der Waals surface area (Å²) in [6.45, 7) is 6.70. The Labute approximate surface area is 62.2 Å². The Kier molecular flexibility index (Phi) is 1.57. The summed E-state index contributed by atoms with van der Waals surface area (Å²) in [5.74, 6) is 0. The molecule has 0 saturated heterocycles. The van der Waals surface area contributed by atoms with Gasteiger partial charge in [0.25, 0.3) is 0 Å². The molecule has 0 aromatic rings. The lowest BCUT2D eigenvalue weighted by atomic mass is 10.5. The van der Waals surface area contributed by atoms with Gasteiger partial charge in [-0.15, -0.1) is 0 Å². The first kappa shape index (κ1) is 7.10. The van der Waals surface area contributed by atoms with Gasteiger partial charge in [-0.2, -0.15) is 0 Å². The van der Waals surface area contributed by atoms with Crippen LogP contribution in [0.5, 0.6) is 0 Å². The third kappa shape index (κ3) is 0.992. The molecule has 0 nitrogen and oxygen atoms in total. The molecule has 0 N–H and O–H groups in total. The topological polar surface area (TPSA) is 0 Å². The second kappa shape index (κ2) is 1.99. The van der Waals surface area contributed by atoms with Crippen molar-refractivity contribution in [1.29, 1.82) is 0 Å². The first-order valence-electron chi connectivity index (χ1n) is 3.10. The Morgan fingerprint density at radius 3 is 2.00 bits per heavy atom. The molecule has 0 radical (unpaired) electrons. The molecule has 0 aliphatic carbocycles. The molecule has 1 aliphatic rings. The Morgan fingerprint density at radius 1 is 1.33 bits per heavy atom. The van der Waals surface area contributed by atoms with Crippen molar-refractivity contribution >= 4 is 19.7 Å². The molecular weight excluding hydrogens is 148 g/mol. The lowest BCUT2D eigenvalue weighted by Crippen LogP contribution is -2.25. The number of hydrogen-bond donors (Lipinski definition) is 0. The summed E-state index contributed by atoms with van der Waals surface area (Å²) in [6, 6.07) is 0. The van der Waals surface area contributed by atoms with Crippen LogP contribution in [0.25, 0.3) is 0 Å². The monoisotopic (exact) mass is 158 g/mol. The van der Waals surface area contributed by atoms with E-state index < -0.39 is 8.07 Å². The Morgan fingerprint density at radius 2 is 1.89 bits per heavy atom. The van der Waals surface area contributed by atoms with Crippen molar-refractivity contribution in [2.75, 3.05) is 0 Å². The van der Waals surface area contributed by atoms with Crippen molar-refractivity contribution in [1.82, 2.24) is 0 Å². The SMILES string of the molecule is CC1=CC=C(Cl)[Si]1(C)C. The van der Waals surface area contributed by atoms with Crippen LogP contribution in [0.2, 0.25) is 13.1 Å². The van der Waals surface area contributed by atoms with Gasteiger partial charge < -0.3 is 0 Å². The van der Waals surface area contributed by atoms with Crippen LogP contribution in [-0.2, 0) is 0 Å². The van der Waals surface area contributed by atoms with E-state index in [0.29, 0.717) is 0 Å². The van der Waals surface area contributed by atoms with Gasteiger partial charge in [-0.3, -0.25) is 0 Å². The molecule has 0 fully saturated rings. The molecule has 1 aliphatic heterocycles. The van der Waals surface area contributed by atoms with Crippen LogP contribution >= 0.6 is 11.6 Å². The van der Waals surface area contributed by atoms with Crippen LogP contribution in [0.3, 0.4) is 0 Å². The van der Waals surface area contributed by atoms with Crippen molar-refractivity contribution in [2.24, 2.45) is 0 Å². The summed E-state index contributed by atoms with van der Waals surface area (Å²) in [7, 11) is -1.26. The molecule has 0 spiro atoms. The van der Waals surface area contributed by atoms with Gasteiger partial charge in [-0.1, -0.05) is 42.0 Å². The Hall–Kier alpha value is -0.0131. The summed E-state index contributed by atoms with van der Waals surface area (Å²) in [4.78, 5) is 0. The number of allylic oxidation sites excluding steroid dienone is 3. The lowest BCUT2D eigenvalue weighted by molar-refractivity contribution is 1.59. The highest BCUT2D eigenvalue weighted by Crippen LogP contribution is 2.30. The van der Waals surface area contributed by atoms with Gasteiger partial charge in [0.15, 0.2) is 0 Å². The van der Waals surface area contributed by atoms with Crippen molar-refractivity contribution in [2.45, 2.75) is 20.0 Å². The Balaban J connectivity index is 2.96. The smallest absolute Gasteiger partial charge is 0.0938 e. The lowest BCUT2D eigenvalue weighted by Gasteiger charge is -2.17. The minimum absolute atomic E-state index is 1.08. The van der Waals surface area contributed by atoms with E-state index >= 15 is 0 Å². The van der Waals surface area contributed by atoms with Crippen LogP contribution < -0.4 is 0 Å². The fourth-order valence-electron chi connectivity index (χ4n) is 0.803. The van der Waals surface area contributed by atoms with E-state index in [4.69, 9.17) is 11.6 Å². The molecule has 0 aromatic carbocycles. The van der Waals surface area contributed by atoms with E-state index in [1.807, 2.05) is 6.08 Å². The normalized spacial score (nSPS) is 23.6. The third-order valence-electron chi connectivity index (χ3n) is 2.06. The zero-order valence-electron chi connectivity index (χ0n) is 6.03. The van der Waals surface area contributed by atoms with Gasteiger partial charge in [0.1, 0.15) is 8.07 Å². The predicted molar refractivity (Wildman–Crippen MR) is 45.2 cm³/mol. The zero-order chi connectivity index (χ0) is 7.07. The number of halogens is 1. The van der Waals surface area contributed by atoms with Crippen LogP contribution in [0, 0.1) is 0 Å². The minimum Gasteiger partial charge on any atom is -0.0938 e. The van der Waals surface area contributed by atoms with Crippen LogP contribution in [-0.4, -0.2) is 8.07 Å². The fraction of sp³-hybridized carbons (Fsp3) is 0.429. The van der Waals surface area contributed by atoms with Crippen molar-refractivity contribution < 1.29 is 0 Å². The molecule has 50 valence electrons. The molecular formula is C7H11ClSi. The highest BCUT2D eigenvalue weighted by molar-refractivity contribution is 6.98. The maximum absolute atomic E-state index is 5.97. The molecule has 0 aromatic heterocycles. The predicted octanol–water partition coefficient (Wildman–Crippen LogP) is 2.86. The zero-order valence-corrected chi connectivity index (χ0v) is 7.79. The maximum Gasteiger partial charge on any atom is 0.121 e. The van der Waals surface area contributed by atoms with E-state index in [2.05, 4.69) is 26.1 Å². The van der Waals surface area contributed by atoms with Gasteiger partial charge in [0.05, 0.1) is 0 Å². The highest BCUT2D eigenvalue weighted by atomic mass is 35.5. The van der Waals surface area contributed by atoms with Gasteiger partial charge in [0.2, 0.25) is 0 Å². The quantitative estimate of drug-likeness (QED) is 0.476. The first-order valence-corrected chi connectivity index (χ1v) is 6.48. The number of rotatable bonds is 0. The first-order chi connectivity index (χ1) is 4.05. The average Bonchev–Trinajstić information content (AvgIpc) is 1.96. The molecule has 0 unspecified atom stereocenters. The largest absolute Gasteiger partial charge is 0.121 e. The fourth-order valence-corrected chi connectivity index (χ4v) is 2.69. The van der Waals surface area contributed by atoms with Crippen molar-refractivity contribution in [3.05, 3.63) is 22.0 Å². The Bertz CT molecular complexity index is 169. The van der Waals surface area contributed by atoms with E-state index in [1.165, 1.54) is 5.20 Å². The highest BCUT2D eigenvalue weighted by Gasteiger charge is 2.29. The molecule has 0 atom stereocenters. The molecule has 1 heterocycles. The summed E-state index contributed by atoms with van der Waals surface area (Å²) in [5, 5.41) is 1.48. The van der Waals surface area contributed by atoms with Crippen molar-refractivity contribution in [3.8, 4) is 0 Å². The second-order valence-electron chi connectivity index (χ2n) is 2.99. The summed E-state index contributed by atoms with van der Waals surface area (Å²) in [6.07, 6.45) is 4.16. The van der Waals surface area contributed by atoms with Gasteiger partial charge in [-0.05, 0) is 6.92 Å². The van der Waals surface area contributed by atoms with Gasteiger partial charge >= 0.3 is 0 Å². The third-order valence-corrected chi connectivity index (χ3v) is 7.11. The van der Waals surface area contributed by atoms with E-state index in [0.717, 1.165) is 4.66 Å². The summed E-state index contributed by atoms with van der Waals surface area (Å²) < 4.78 is 1.08. The summed E-state index contributed by atoms with van der Waals surface area (Å²) >= 11 is 5.97. The molecule has 1 rings (SSSR count). The molecule has 0 amide bonds. The average molecular weight is 159 g/mol. The molecule has 0 saturated carbocycles. The molecule has 0 bridgehead atoms. The number of hydrogen-bond acceptors (Lipinski definition) is 0. The minimum atomic E-state index is -1.26.